The Morgan fingerprint density at radius 1 is 0.778 bits per heavy atom. The molecule has 0 amide bonds. The SMILES string of the molecule is CCOC(=O)[C@H](I)CC(F)(F)C(F)(F)C(F)(F)C(F)(F)C(F)(F)C(F)(F)F. The summed E-state index contributed by atoms with van der Waals surface area (Å²) in [6.07, 6.45) is -10.1. The zero-order chi connectivity index (χ0) is 22.3. The predicted molar refractivity (Wildman–Crippen MR) is 69.8 cm³/mol. The first-order valence-corrected chi connectivity index (χ1v) is 7.63. The normalized spacial score (nSPS) is 16.3. The van der Waals surface area contributed by atoms with Gasteiger partial charge in [-0.1, -0.05) is 22.6 Å². The second kappa shape index (κ2) is 7.61. The summed E-state index contributed by atoms with van der Waals surface area (Å²) < 4.78 is 169. The molecule has 0 fully saturated rings. The number of hydrogen-bond donors (Lipinski definition) is 0. The van der Waals surface area contributed by atoms with Crippen LogP contribution >= 0.6 is 22.6 Å². The molecule has 0 aromatic rings. The van der Waals surface area contributed by atoms with E-state index in [1.54, 1.807) is 0 Å². The number of alkyl halides is 14. The molecule has 0 aromatic carbocycles. The molecule has 0 aliphatic heterocycles. The molecule has 0 spiro atoms. The Labute approximate surface area is 155 Å². The molecule has 0 aliphatic carbocycles. The lowest BCUT2D eigenvalue weighted by Gasteiger charge is -2.40. The van der Waals surface area contributed by atoms with E-state index in [4.69, 9.17) is 0 Å². The largest absolute Gasteiger partial charge is 0.465 e. The van der Waals surface area contributed by atoms with Gasteiger partial charge in [0.05, 0.1) is 6.61 Å². The highest BCUT2D eigenvalue weighted by Crippen LogP contribution is 2.60. The number of carbonyl (C=O) groups is 1. The Morgan fingerprint density at radius 3 is 1.48 bits per heavy atom. The van der Waals surface area contributed by atoms with Crippen LogP contribution in [0.1, 0.15) is 13.3 Å². The number of hydrogen-bond acceptors (Lipinski definition) is 2. The monoisotopic (exact) mass is 546 g/mol. The Kier molecular flexibility index (Phi) is 7.41. The van der Waals surface area contributed by atoms with Gasteiger partial charge in [-0.2, -0.15) is 57.1 Å². The smallest absolute Gasteiger partial charge is 0.460 e. The third-order valence-corrected chi connectivity index (χ3v) is 3.93. The van der Waals surface area contributed by atoms with E-state index < -0.39 is 58.7 Å². The van der Waals surface area contributed by atoms with Crippen LogP contribution in [-0.4, -0.2) is 52.3 Å². The molecule has 0 unspecified atom stereocenters. The van der Waals surface area contributed by atoms with E-state index in [0.29, 0.717) is 22.6 Å². The summed E-state index contributed by atoms with van der Waals surface area (Å²) in [7, 11) is 0. The third kappa shape index (κ3) is 4.33. The minimum atomic E-state index is -7.95. The van der Waals surface area contributed by atoms with Gasteiger partial charge in [-0.25, -0.2) is 0 Å². The van der Waals surface area contributed by atoms with Gasteiger partial charge in [0.15, 0.2) is 0 Å². The van der Waals surface area contributed by atoms with Crippen molar-refractivity contribution in [3.63, 3.8) is 0 Å². The minimum Gasteiger partial charge on any atom is -0.465 e. The fourth-order valence-electron chi connectivity index (χ4n) is 1.47. The van der Waals surface area contributed by atoms with Crippen LogP contribution in [0.25, 0.3) is 0 Å². The van der Waals surface area contributed by atoms with Crippen molar-refractivity contribution in [3.05, 3.63) is 0 Å². The average molecular weight is 546 g/mol. The number of ether oxygens (including phenoxy) is 1. The quantitative estimate of drug-likeness (QED) is 0.175. The molecule has 0 N–H and O–H groups in total. The summed E-state index contributed by atoms with van der Waals surface area (Å²) in [5.41, 5.74) is 0. The highest BCUT2D eigenvalue weighted by Gasteiger charge is 2.90. The van der Waals surface area contributed by atoms with Crippen molar-refractivity contribution in [2.45, 2.75) is 53.1 Å². The summed E-state index contributed by atoms with van der Waals surface area (Å²) in [5.74, 6) is -38.9. The second-order valence-electron chi connectivity index (χ2n) is 4.92. The summed E-state index contributed by atoms with van der Waals surface area (Å²) >= 11 is 0.686. The van der Waals surface area contributed by atoms with Crippen molar-refractivity contribution in [1.82, 2.24) is 0 Å². The van der Waals surface area contributed by atoms with E-state index in [0.717, 1.165) is 6.92 Å². The Bertz CT molecular complexity index is 543. The molecule has 0 rings (SSSR count). The van der Waals surface area contributed by atoms with Gasteiger partial charge < -0.3 is 4.74 Å². The molecule has 1 atom stereocenters. The highest BCUT2D eigenvalue weighted by atomic mass is 127. The van der Waals surface area contributed by atoms with Crippen LogP contribution in [0.5, 0.6) is 0 Å². The first-order valence-electron chi connectivity index (χ1n) is 6.38. The summed E-state index contributed by atoms with van der Waals surface area (Å²) in [6.45, 7) is 0.647. The van der Waals surface area contributed by atoms with Crippen molar-refractivity contribution in [2.24, 2.45) is 0 Å². The van der Waals surface area contributed by atoms with Crippen molar-refractivity contribution in [2.75, 3.05) is 6.61 Å². The van der Waals surface area contributed by atoms with Crippen LogP contribution in [0.3, 0.4) is 0 Å². The van der Waals surface area contributed by atoms with Gasteiger partial charge in [0, 0.05) is 6.42 Å². The molecule has 0 radical (unpaired) electrons. The maximum absolute atomic E-state index is 13.5. The van der Waals surface area contributed by atoms with Gasteiger partial charge in [0.1, 0.15) is 3.92 Å². The number of esters is 1. The lowest BCUT2D eigenvalue weighted by atomic mass is 9.92. The lowest BCUT2D eigenvalue weighted by Crippen LogP contribution is -2.70. The number of halogens is 14. The molecule has 0 aromatic heterocycles. The maximum atomic E-state index is 13.5. The highest BCUT2D eigenvalue weighted by molar-refractivity contribution is 14.1. The van der Waals surface area contributed by atoms with Crippen LogP contribution in [0.4, 0.5) is 57.1 Å². The van der Waals surface area contributed by atoms with E-state index >= 15 is 0 Å². The van der Waals surface area contributed by atoms with Gasteiger partial charge in [-0.15, -0.1) is 0 Å². The predicted octanol–water partition coefficient (Wildman–Crippen LogP) is 5.48. The summed E-state index contributed by atoms with van der Waals surface area (Å²) in [6, 6.07) is 0. The van der Waals surface area contributed by atoms with E-state index in [1.165, 1.54) is 0 Å². The zero-order valence-electron chi connectivity index (χ0n) is 12.6. The Morgan fingerprint density at radius 2 is 1.15 bits per heavy atom. The molecular formula is C11H8F13IO2. The second-order valence-corrected chi connectivity index (χ2v) is 6.43. The molecule has 27 heavy (non-hydrogen) atoms. The van der Waals surface area contributed by atoms with Crippen LogP contribution in [0, 0.1) is 0 Å². The Balaban J connectivity index is 6.05. The third-order valence-electron chi connectivity index (χ3n) is 2.98. The first-order chi connectivity index (χ1) is 11.6. The lowest BCUT2D eigenvalue weighted by molar-refractivity contribution is -0.440. The average Bonchev–Trinajstić information content (AvgIpc) is 2.44. The molecular weight excluding hydrogens is 538 g/mol. The maximum Gasteiger partial charge on any atom is 0.460 e. The molecule has 0 aliphatic rings. The van der Waals surface area contributed by atoms with Crippen molar-refractivity contribution in [1.29, 1.82) is 0 Å². The van der Waals surface area contributed by atoms with Crippen LogP contribution in [0.2, 0.25) is 0 Å². The van der Waals surface area contributed by atoms with E-state index in [-0.39, 0.29) is 0 Å². The van der Waals surface area contributed by atoms with Crippen molar-refractivity contribution >= 4 is 28.6 Å². The summed E-state index contributed by atoms with van der Waals surface area (Å²) in [5, 5.41) is 0. The molecule has 0 bridgehead atoms. The van der Waals surface area contributed by atoms with Crippen LogP contribution in [0.15, 0.2) is 0 Å². The molecule has 2 nitrogen and oxygen atoms in total. The first kappa shape index (κ1) is 26.3. The van der Waals surface area contributed by atoms with E-state index in [2.05, 4.69) is 4.74 Å². The molecule has 0 saturated carbocycles. The van der Waals surface area contributed by atoms with E-state index in [1.807, 2.05) is 0 Å². The van der Waals surface area contributed by atoms with E-state index in [9.17, 15) is 61.9 Å². The van der Waals surface area contributed by atoms with Gasteiger partial charge >= 0.3 is 41.8 Å². The van der Waals surface area contributed by atoms with Crippen molar-refractivity contribution < 1.29 is 66.6 Å². The Hall–Kier alpha value is -0.710. The van der Waals surface area contributed by atoms with Crippen LogP contribution in [-0.2, 0) is 9.53 Å². The topological polar surface area (TPSA) is 26.3 Å². The van der Waals surface area contributed by atoms with Gasteiger partial charge in [-0.05, 0) is 6.92 Å². The fourth-order valence-corrected chi connectivity index (χ4v) is 2.20. The minimum absolute atomic E-state index is 0.480. The number of carbonyl (C=O) groups excluding carboxylic acids is 1. The van der Waals surface area contributed by atoms with Gasteiger partial charge in [0.25, 0.3) is 0 Å². The number of rotatable bonds is 8. The fraction of sp³-hybridized carbons (Fsp3) is 0.909. The van der Waals surface area contributed by atoms with Crippen LogP contribution < -0.4 is 0 Å². The molecule has 0 saturated heterocycles. The van der Waals surface area contributed by atoms with Gasteiger partial charge in [0.2, 0.25) is 0 Å². The van der Waals surface area contributed by atoms with Crippen molar-refractivity contribution in [3.8, 4) is 0 Å². The molecule has 0 heterocycles. The zero-order valence-corrected chi connectivity index (χ0v) is 14.8. The molecule has 16 heteroatoms. The summed E-state index contributed by atoms with van der Waals surface area (Å²) in [4.78, 5) is 11.1. The standard InChI is InChI=1S/C11H8F13IO2/c1-2-27-5(26)4(25)3-6(12,13)7(14,15)8(16,17)9(18,19)10(20,21)11(22,23)24/h4H,2-3H2,1H3/t4-/m1/s1. The molecule has 162 valence electrons. The van der Waals surface area contributed by atoms with Gasteiger partial charge in [-0.3, -0.25) is 4.79 Å².